The van der Waals surface area contributed by atoms with Crippen LogP contribution >= 0.6 is 0 Å². The van der Waals surface area contributed by atoms with Crippen molar-refractivity contribution in [2.24, 2.45) is 0 Å². The first-order valence-electron chi connectivity index (χ1n) is 6.19. The van der Waals surface area contributed by atoms with Crippen LogP contribution in [0.15, 0.2) is 18.2 Å². The monoisotopic (exact) mass is 247 g/mol. The Morgan fingerprint density at radius 3 is 2.78 bits per heavy atom. The van der Waals surface area contributed by atoms with E-state index in [-0.39, 0.29) is 12.1 Å². The van der Waals surface area contributed by atoms with Crippen LogP contribution in [0.25, 0.3) is 0 Å². The normalized spacial score (nSPS) is 13.7. The molecular formula is C14H21N3O. The van der Waals surface area contributed by atoms with E-state index in [1.165, 1.54) is 0 Å². The molecule has 0 fully saturated rings. The second-order valence-electron chi connectivity index (χ2n) is 4.76. The molecule has 4 nitrogen and oxygen atoms in total. The van der Waals surface area contributed by atoms with Gasteiger partial charge in [-0.2, -0.15) is 5.26 Å². The molecule has 1 unspecified atom stereocenters. The van der Waals surface area contributed by atoms with Gasteiger partial charge >= 0.3 is 0 Å². The first kappa shape index (κ1) is 14.3. The summed E-state index contributed by atoms with van der Waals surface area (Å²) in [5.41, 5.74) is 8.08. The molecule has 0 aliphatic heterocycles. The molecule has 0 spiro atoms. The van der Waals surface area contributed by atoms with Crippen LogP contribution in [0, 0.1) is 11.3 Å². The standard InChI is InChI=1S/C14H21N3O/c1-3-14(2,7-9-18)17-12-4-5-13(16)11(10-12)6-8-15/h4-5,10,17-18H,3,6-7,9,16H2,1-2H3. The largest absolute Gasteiger partial charge is 0.398 e. The molecule has 4 heteroatoms. The van der Waals surface area contributed by atoms with Crippen LogP contribution in [0.4, 0.5) is 11.4 Å². The van der Waals surface area contributed by atoms with Gasteiger partial charge in [-0.1, -0.05) is 6.92 Å². The lowest BCUT2D eigenvalue weighted by Gasteiger charge is -2.30. The van der Waals surface area contributed by atoms with E-state index in [0.29, 0.717) is 18.5 Å². The summed E-state index contributed by atoms with van der Waals surface area (Å²) in [6.45, 7) is 4.30. The lowest BCUT2D eigenvalue weighted by molar-refractivity contribution is 0.252. The topological polar surface area (TPSA) is 82.1 Å². The van der Waals surface area contributed by atoms with Crippen molar-refractivity contribution in [1.29, 1.82) is 5.26 Å². The van der Waals surface area contributed by atoms with Crippen molar-refractivity contribution >= 4 is 11.4 Å². The van der Waals surface area contributed by atoms with Crippen molar-refractivity contribution in [1.82, 2.24) is 0 Å². The van der Waals surface area contributed by atoms with Gasteiger partial charge in [-0.05, 0) is 43.5 Å². The molecule has 1 atom stereocenters. The Morgan fingerprint density at radius 2 is 2.22 bits per heavy atom. The van der Waals surface area contributed by atoms with Crippen LogP contribution in [-0.4, -0.2) is 17.3 Å². The van der Waals surface area contributed by atoms with E-state index < -0.39 is 0 Å². The summed E-state index contributed by atoms with van der Waals surface area (Å²) in [7, 11) is 0. The highest BCUT2D eigenvalue weighted by molar-refractivity contribution is 5.58. The van der Waals surface area contributed by atoms with Crippen LogP contribution in [-0.2, 0) is 6.42 Å². The molecule has 0 aliphatic rings. The minimum Gasteiger partial charge on any atom is -0.398 e. The van der Waals surface area contributed by atoms with Gasteiger partial charge in [0.1, 0.15) is 0 Å². The minimum atomic E-state index is -0.144. The van der Waals surface area contributed by atoms with Gasteiger partial charge in [-0.15, -0.1) is 0 Å². The van der Waals surface area contributed by atoms with Crippen molar-refractivity contribution in [2.45, 2.75) is 38.6 Å². The highest BCUT2D eigenvalue weighted by Crippen LogP contribution is 2.24. The zero-order valence-electron chi connectivity index (χ0n) is 11.0. The summed E-state index contributed by atoms with van der Waals surface area (Å²) in [6, 6.07) is 7.73. The molecular weight excluding hydrogens is 226 g/mol. The van der Waals surface area contributed by atoms with E-state index >= 15 is 0 Å². The Labute approximate surface area is 108 Å². The fraction of sp³-hybridized carbons (Fsp3) is 0.500. The maximum atomic E-state index is 9.09. The van der Waals surface area contributed by atoms with Crippen LogP contribution in [0.1, 0.15) is 32.3 Å². The molecule has 0 amide bonds. The van der Waals surface area contributed by atoms with E-state index in [9.17, 15) is 0 Å². The Kier molecular flexibility index (Phi) is 4.99. The number of aliphatic hydroxyl groups is 1. The van der Waals surface area contributed by atoms with Crippen molar-refractivity contribution < 1.29 is 5.11 Å². The van der Waals surface area contributed by atoms with Gasteiger partial charge in [0.2, 0.25) is 0 Å². The predicted octanol–water partition coefficient (Wildman–Crippen LogP) is 2.30. The molecule has 98 valence electrons. The molecule has 4 N–H and O–H groups in total. The zero-order chi connectivity index (χ0) is 13.6. The number of hydrogen-bond donors (Lipinski definition) is 3. The second kappa shape index (κ2) is 6.27. The number of hydrogen-bond acceptors (Lipinski definition) is 4. The average molecular weight is 247 g/mol. The Bertz CT molecular complexity index is 439. The smallest absolute Gasteiger partial charge is 0.0670 e. The number of nitrogens with two attached hydrogens (primary N) is 1. The molecule has 0 aliphatic carbocycles. The van der Waals surface area contributed by atoms with E-state index in [0.717, 1.165) is 17.7 Å². The van der Waals surface area contributed by atoms with Crippen LogP contribution < -0.4 is 11.1 Å². The van der Waals surface area contributed by atoms with E-state index in [2.05, 4.69) is 25.2 Å². The third-order valence-electron chi connectivity index (χ3n) is 3.30. The summed E-state index contributed by atoms with van der Waals surface area (Å²) in [5.74, 6) is 0. The minimum absolute atomic E-state index is 0.144. The number of nitrogens with one attached hydrogen (secondary N) is 1. The van der Waals surface area contributed by atoms with Crippen molar-refractivity contribution in [3.05, 3.63) is 23.8 Å². The van der Waals surface area contributed by atoms with Gasteiger partial charge < -0.3 is 16.2 Å². The van der Waals surface area contributed by atoms with Crippen molar-refractivity contribution in [3.8, 4) is 6.07 Å². The molecule has 0 radical (unpaired) electrons. The first-order chi connectivity index (χ1) is 8.54. The lowest BCUT2D eigenvalue weighted by Crippen LogP contribution is -2.35. The predicted molar refractivity (Wildman–Crippen MR) is 74.2 cm³/mol. The summed E-state index contributed by atoms with van der Waals surface area (Å²) in [4.78, 5) is 0. The summed E-state index contributed by atoms with van der Waals surface area (Å²) >= 11 is 0. The molecule has 18 heavy (non-hydrogen) atoms. The molecule has 1 rings (SSSR count). The molecule has 1 aromatic carbocycles. The van der Waals surface area contributed by atoms with Gasteiger partial charge in [0.05, 0.1) is 12.5 Å². The molecule has 0 bridgehead atoms. The number of nitrogen functional groups attached to an aromatic ring is 1. The average Bonchev–Trinajstić information content (AvgIpc) is 2.34. The number of nitrogens with zero attached hydrogens (tertiary/aromatic N) is 1. The summed E-state index contributed by atoms with van der Waals surface area (Å²) in [5, 5.41) is 21.2. The summed E-state index contributed by atoms with van der Waals surface area (Å²) in [6.07, 6.45) is 1.90. The lowest BCUT2D eigenvalue weighted by atomic mass is 9.94. The third-order valence-corrected chi connectivity index (χ3v) is 3.30. The van der Waals surface area contributed by atoms with Crippen LogP contribution in [0.2, 0.25) is 0 Å². The highest BCUT2D eigenvalue weighted by Gasteiger charge is 2.21. The quantitative estimate of drug-likeness (QED) is 0.674. The maximum Gasteiger partial charge on any atom is 0.0670 e. The molecule has 0 heterocycles. The highest BCUT2D eigenvalue weighted by atomic mass is 16.3. The molecule has 0 aromatic heterocycles. The van der Waals surface area contributed by atoms with Gasteiger partial charge in [0, 0.05) is 23.5 Å². The fourth-order valence-electron chi connectivity index (χ4n) is 1.84. The van der Waals surface area contributed by atoms with Gasteiger partial charge in [0.15, 0.2) is 0 Å². The number of aliphatic hydroxyl groups excluding tert-OH is 1. The molecule has 0 saturated carbocycles. The van der Waals surface area contributed by atoms with Crippen molar-refractivity contribution in [3.63, 3.8) is 0 Å². The second-order valence-corrected chi connectivity index (χ2v) is 4.76. The molecule has 1 aromatic rings. The Morgan fingerprint density at radius 1 is 1.50 bits per heavy atom. The van der Waals surface area contributed by atoms with E-state index in [1.54, 1.807) is 0 Å². The molecule has 0 saturated heterocycles. The van der Waals surface area contributed by atoms with Gasteiger partial charge in [-0.3, -0.25) is 0 Å². The number of anilines is 2. The van der Waals surface area contributed by atoms with Crippen LogP contribution in [0.5, 0.6) is 0 Å². The Balaban J connectivity index is 2.90. The Hall–Kier alpha value is -1.73. The van der Waals surface area contributed by atoms with Gasteiger partial charge in [-0.25, -0.2) is 0 Å². The maximum absolute atomic E-state index is 9.09. The SMILES string of the molecule is CCC(C)(CCO)Nc1ccc(N)c(CC#N)c1. The first-order valence-corrected chi connectivity index (χ1v) is 6.19. The third kappa shape index (κ3) is 3.64. The summed E-state index contributed by atoms with van der Waals surface area (Å²) < 4.78 is 0. The van der Waals surface area contributed by atoms with Crippen LogP contribution in [0.3, 0.4) is 0 Å². The number of rotatable bonds is 6. The zero-order valence-corrected chi connectivity index (χ0v) is 11.0. The number of nitriles is 1. The number of benzene rings is 1. The van der Waals surface area contributed by atoms with E-state index in [1.807, 2.05) is 18.2 Å². The van der Waals surface area contributed by atoms with E-state index in [4.69, 9.17) is 16.1 Å². The fourth-order valence-corrected chi connectivity index (χ4v) is 1.84. The van der Waals surface area contributed by atoms with Gasteiger partial charge in [0.25, 0.3) is 0 Å². The van der Waals surface area contributed by atoms with Crippen molar-refractivity contribution in [2.75, 3.05) is 17.7 Å².